The molecule has 62 heavy (non-hydrogen) atoms. The first-order chi connectivity index (χ1) is 30.0. The van der Waals surface area contributed by atoms with Crippen LogP contribution in [0.3, 0.4) is 0 Å². The number of quaternary nitrogens is 1. The lowest BCUT2D eigenvalue weighted by Crippen LogP contribution is -2.37. The van der Waals surface area contributed by atoms with Crippen LogP contribution < -0.4 is 0 Å². The Hall–Kier alpha value is -4.11. The third kappa shape index (κ3) is 45.4. The maximum absolute atomic E-state index is 12.6. The van der Waals surface area contributed by atoms with Gasteiger partial charge in [0.25, 0.3) is 0 Å². The Bertz CT molecular complexity index is 1550. The van der Waals surface area contributed by atoms with Gasteiger partial charge in [0.2, 0.25) is 0 Å². The number of ether oxygens (including phenoxy) is 2. The summed E-state index contributed by atoms with van der Waals surface area (Å²) < 4.78 is 33.8. The van der Waals surface area contributed by atoms with Crippen LogP contribution in [0.25, 0.3) is 0 Å². The number of unbranched alkanes of at least 4 members (excludes halogenated alkanes) is 14. The summed E-state index contributed by atoms with van der Waals surface area (Å²) in [5.74, 6) is -1.45. The standard InChI is InChI=1S/C52H80NO8P/c1-6-8-10-12-14-16-18-20-22-24-26-28-30-32-34-36-38-40-42-44-51(54)58-48-50(49-60-62(56,57)59-47-46-53(3,4)5)61-52(55)45-43-41-39-37-35-33-31-29-27-25-23-21-19-17-15-13-11-9-7-2/h22-45,50H,6-21,46-49H2,1-5H3/p+1. The molecule has 1 N–H and O–H groups in total. The SMILES string of the molecule is CCCCCCCCCC=CC=CC=CC=CC=CC=CC(=O)OCC(COP(=O)(O)OCC[N+](C)(C)C)OC(=O)C=CC=CC=CC=CC=CC=CCCCCCCCCC. The lowest BCUT2D eigenvalue weighted by atomic mass is 10.1. The van der Waals surface area contributed by atoms with Gasteiger partial charge in [0.05, 0.1) is 27.7 Å². The van der Waals surface area contributed by atoms with Gasteiger partial charge < -0.3 is 18.9 Å². The molecular formula is C52H81NO8P+. The normalized spacial score (nSPS) is 14.9. The van der Waals surface area contributed by atoms with E-state index in [1.807, 2.05) is 94.1 Å². The monoisotopic (exact) mass is 879 g/mol. The van der Waals surface area contributed by atoms with Gasteiger partial charge >= 0.3 is 19.8 Å². The molecule has 0 aliphatic heterocycles. The summed E-state index contributed by atoms with van der Waals surface area (Å²) in [5, 5.41) is 0. The van der Waals surface area contributed by atoms with E-state index in [2.05, 4.69) is 38.2 Å². The number of likely N-dealkylation sites (N-methyl/N-ethyl adjacent to an activating group) is 1. The molecule has 0 fully saturated rings. The predicted octanol–water partition coefficient (Wildman–Crippen LogP) is 13.2. The topological polar surface area (TPSA) is 108 Å². The van der Waals surface area contributed by atoms with Crippen molar-refractivity contribution in [2.45, 2.75) is 123 Å². The summed E-state index contributed by atoms with van der Waals surface area (Å²) >= 11 is 0. The maximum atomic E-state index is 12.6. The minimum absolute atomic E-state index is 0.0264. The molecule has 0 amide bonds. The van der Waals surface area contributed by atoms with Crippen molar-refractivity contribution in [2.24, 2.45) is 0 Å². The van der Waals surface area contributed by atoms with Gasteiger partial charge in [-0.3, -0.25) is 9.05 Å². The molecule has 0 aromatic rings. The van der Waals surface area contributed by atoms with E-state index in [1.165, 1.54) is 114 Å². The Kier molecular flexibility index (Phi) is 39.4. The molecule has 0 aliphatic rings. The van der Waals surface area contributed by atoms with Crippen LogP contribution in [0.4, 0.5) is 0 Å². The number of nitrogens with zero attached hydrogens (tertiary/aromatic N) is 1. The molecular weight excluding hydrogens is 798 g/mol. The fraction of sp³-hybridized carbons (Fsp3) is 0.500. The molecule has 0 saturated heterocycles. The van der Waals surface area contributed by atoms with E-state index in [9.17, 15) is 19.0 Å². The zero-order valence-electron chi connectivity index (χ0n) is 38.8. The summed E-state index contributed by atoms with van der Waals surface area (Å²) in [6.07, 6.45) is 63.3. The highest BCUT2D eigenvalue weighted by molar-refractivity contribution is 7.47. The first-order valence-corrected chi connectivity index (χ1v) is 24.3. The number of carbonyl (C=O) groups excluding carboxylic acids is 2. The molecule has 0 aliphatic carbocycles. The van der Waals surface area contributed by atoms with Crippen molar-refractivity contribution >= 4 is 19.8 Å². The zero-order chi connectivity index (χ0) is 45.7. The molecule has 10 heteroatoms. The number of phosphoric acid groups is 1. The zero-order valence-corrected chi connectivity index (χ0v) is 39.7. The van der Waals surface area contributed by atoms with Crippen LogP contribution >= 0.6 is 7.82 Å². The smallest absolute Gasteiger partial charge is 0.458 e. The molecule has 346 valence electrons. The molecule has 9 nitrogen and oxygen atoms in total. The molecule has 0 saturated carbocycles. The lowest BCUT2D eigenvalue weighted by molar-refractivity contribution is -0.870. The predicted molar refractivity (Wildman–Crippen MR) is 260 cm³/mol. The second kappa shape index (κ2) is 42.2. The molecule has 0 heterocycles. The second-order valence-corrected chi connectivity index (χ2v) is 17.2. The second-order valence-electron chi connectivity index (χ2n) is 15.8. The van der Waals surface area contributed by atoms with Crippen molar-refractivity contribution in [3.8, 4) is 0 Å². The number of carbonyl (C=O) groups is 2. The molecule has 0 aromatic heterocycles. The van der Waals surface area contributed by atoms with Gasteiger partial charge in [-0.15, -0.1) is 0 Å². The van der Waals surface area contributed by atoms with Gasteiger partial charge in [0.15, 0.2) is 6.10 Å². The molecule has 0 bridgehead atoms. The number of esters is 2. The summed E-state index contributed by atoms with van der Waals surface area (Å²) in [6, 6.07) is 0. The van der Waals surface area contributed by atoms with Crippen molar-refractivity contribution in [3.05, 3.63) is 146 Å². The van der Waals surface area contributed by atoms with Crippen molar-refractivity contribution in [3.63, 3.8) is 0 Å². The highest BCUT2D eigenvalue weighted by atomic mass is 31.2. The Morgan fingerprint density at radius 3 is 1.29 bits per heavy atom. The number of phosphoric ester groups is 1. The van der Waals surface area contributed by atoms with Crippen molar-refractivity contribution in [2.75, 3.05) is 47.5 Å². The average Bonchev–Trinajstić information content (AvgIpc) is 3.23. The van der Waals surface area contributed by atoms with E-state index >= 15 is 0 Å². The van der Waals surface area contributed by atoms with Gasteiger partial charge in [-0.2, -0.15) is 0 Å². The fourth-order valence-electron chi connectivity index (χ4n) is 5.27. The summed E-state index contributed by atoms with van der Waals surface area (Å²) in [7, 11) is 1.28. The van der Waals surface area contributed by atoms with Gasteiger partial charge in [-0.25, -0.2) is 14.2 Å². The van der Waals surface area contributed by atoms with E-state index in [0.29, 0.717) is 11.0 Å². The van der Waals surface area contributed by atoms with Crippen LogP contribution in [-0.2, 0) is 32.7 Å². The van der Waals surface area contributed by atoms with Crippen LogP contribution in [0.2, 0.25) is 0 Å². The van der Waals surface area contributed by atoms with Crippen LogP contribution in [0.1, 0.15) is 117 Å². The molecule has 0 radical (unpaired) electrons. The number of hydrogen-bond donors (Lipinski definition) is 1. The van der Waals surface area contributed by atoms with Gasteiger partial charge in [-0.05, 0) is 25.7 Å². The van der Waals surface area contributed by atoms with E-state index < -0.39 is 39.1 Å². The Labute approximate surface area is 376 Å². The van der Waals surface area contributed by atoms with E-state index in [-0.39, 0.29) is 6.61 Å². The molecule has 0 rings (SSSR count). The Morgan fingerprint density at radius 1 is 0.500 bits per heavy atom. The summed E-state index contributed by atoms with van der Waals surface area (Å²) in [4.78, 5) is 35.1. The lowest BCUT2D eigenvalue weighted by Gasteiger charge is -2.24. The first-order valence-electron chi connectivity index (χ1n) is 22.8. The van der Waals surface area contributed by atoms with Gasteiger partial charge in [0, 0.05) is 12.2 Å². The van der Waals surface area contributed by atoms with Crippen molar-refractivity contribution in [1.82, 2.24) is 0 Å². The largest absolute Gasteiger partial charge is 0.472 e. The highest BCUT2D eigenvalue weighted by Gasteiger charge is 2.26. The molecule has 0 aromatic carbocycles. The first kappa shape index (κ1) is 57.9. The van der Waals surface area contributed by atoms with Gasteiger partial charge in [0.1, 0.15) is 19.8 Å². The number of hydrogen-bond acceptors (Lipinski definition) is 7. The molecule has 0 spiro atoms. The number of allylic oxidation sites excluding steroid dienone is 22. The van der Waals surface area contributed by atoms with Crippen molar-refractivity contribution in [1.29, 1.82) is 0 Å². The van der Waals surface area contributed by atoms with E-state index in [4.69, 9.17) is 18.5 Å². The van der Waals surface area contributed by atoms with Crippen LogP contribution in [0, 0.1) is 0 Å². The third-order valence-corrected chi connectivity index (χ3v) is 9.80. The maximum Gasteiger partial charge on any atom is 0.472 e. The van der Waals surface area contributed by atoms with Gasteiger partial charge in [-0.1, -0.05) is 225 Å². The molecule has 2 atom stereocenters. The Morgan fingerprint density at radius 2 is 0.871 bits per heavy atom. The fourth-order valence-corrected chi connectivity index (χ4v) is 6.01. The van der Waals surface area contributed by atoms with Crippen LogP contribution in [0.15, 0.2) is 146 Å². The minimum atomic E-state index is -4.46. The van der Waals surface area contributed by atoms with Crippen LogP contribution in [-0.4, -0.2) is 74.9 Å². The molecule has 2 unspecified atom stereocenters. The van der Waals surface area contributed by atoms with E-state index in [1.54, 1.807) is 24.3 Å². The number of rotatable bonds is 38. The minimum Gasteiger partial charge on any atom is -0.458 e. The Balaban J connectivity index is 4.85. The highest BCUT2D eigenvalue weighted by Crippen LogP contribution is 2.43. The van der Waals surface area contributed by atoms with E-state index in [0.717, 1.165) is 12.8 Å². The van der Waals surface area contributed by atoms with Crippen molar-refractivity contribution < 1.29 is 42.1 Å². The quantitative estimate of drug-likeness (QED) is 0.0163. The summed E-state index contributed by atoms with van der Waals surface area (Å²) in [5.41, 5.74) is 0. The third-order valence-electron chi connectivity index (χ3n) is 8.82. The summed E-state index contributed by atoms with van der Waals surface area (Å²) in [6.45, 7) is 3.98. The average molecular weight is 879 g/mol. The van der Waals surface area contributed by atoms with Crippen LogP contribution in [0.5, 0.6) is 0 Å².